The minimum atomic E-state index is -1.44. The number of carboxylic acids is 1. The van der Waals surface area contributed by atoms with Crippen LogP contribution in [0.25, 0.3) is 0 Å². The topological polar surface area (TPSA) is 112 Å². The number of hydrogen-bond acceptors (Lipinski definition) is 5. The van der Waals surface area contributed by atoms with E-state index in [-0.39, 0.29) is 30.0 Å². The number of aromatic hydroxyl groups is 2. The van der Waals surface area contributed by atoms with Crippen molar-refractivity contribution in [3.05, 3.63) is 23.3 Å². The Balaban J connectivity index is 2.71. The summed E-state index contributed by atoms with van der Waals surface area (Å²) in [5.74, 6) is -3.54. The quantitative estimate of drug-likeness (QED) is 0.568. The molecule has 0 heterocycles. The van der Waals surface area contributed by atoms with Gasteiger partial charge in [0.05, 0.1) is 0 Å². The summed E-state index contributed by atoms with van der Waals surface area (Å²) in [4.78, 5) is 35.1. The van der Waals surface area contributed by atoms with Gasteiger partial charge < -0.3 is 15.3 Å². The molecule has 1 unspecified atom stereocenters. The van der Waals surface area contributed by atoms with E-state index in [9.17, 15) is 24.6 Å². The zero-order valence-electron chi connectivity index (χ0n) is 10.8. The van der Waals surface area contributed by atoms with Crippen LogP contribution in [0.2, 0.25) is 0 Å². The maximum Gasteiger partial charge on any atom is 0.339 e. The largest absolute Gasteiger partial charge is 0.504 e. The van der Waals surface area contributed by atoms with Gasteiger partial charge in [-0.05, 0) is 37.5 Å². The van der Waals surface area contributed by atoms with Crippen LogP contribution in [0.15, 0.2) is 12.1 Å². The van der Waals surface area contributed by atoms with E-state index in [1.165, 1.54) is 6.92 Å². The molecule has 0 saturated heterocycles. The number of benzene rings is 1. The third kappa shape index (κ3) is 1.84. The molecule has 1 atom stereocenters. The molecular formula is C14H14O6. The highest BCUT2D eigenvalue weighted by atomic mass is 16.4. The molecule has 1 aromatic rings. The van der Waals surface area contributed by atoms with Gasteiger partial charge in [-0.2, -0.15) is 0 Å². The van der Waals surface area contributed by atoms with Gasteiger partial charge in [0.25, 0.3) is 0 Å². The predicted molar refractivity (Wildman–Crippen MR) is 67.9 cm³/mol. The van der Waals surface area contributed by atoms with Gasteiger partial charge in [0.2, 0.25) is 0 Å². The molecule has 6 heteroatoms. The van der Waals surface area contributed by atoms with Gasteiger partial charge in [-0.15, -0.1) is 0 Å². The summed E-state index contributed by atoms with van der Waals surface area (Å²) in [6.07, 6.45) is 1.05. The first-order chi connectivity index (χ1) is 9.30. The fourth-order valence-corrected chi connectivity index (χ4v) is 2.78. The number of carbonyl (C=O) groups excluding carboxylic acids is 2. The summed E-state index contributed by atoms with van der Waals surface area (Å²) in [7, 11) is 0. The van der Waals surface area contributed by atoms with Crippen LogP contribution in [0.3, 0.4) is 0 Å². The minimum absolute atomic E-state index is 0.125. The lowest BCUT2D eigenvalue weighted by Gasteiger charge is -2.25. The molecule has 3 N–H and O–H groups in total. The average Bonchev–Trinajstić information content (AvgIpc) is 2.75. The number of carbonyl (C=O) groups is 3. The molecule has 1 fully saturated rings. The summed E-state index contributed by atoms with van der Waals surface area (Å²) in [6.45, 7) is 1.27. The van der Waals surface area contributed by atoms with Crippen LogP contribution in [-0.4, -0.2) is 32.9 Å². The highest BCUT2D eigenvalue weighted by molar-refractivity contribution is 6.13. The molecule has 1 aliphatic carbocycles. The zero-order valence-corrected chi connectivity index (χ0v) is 10.8. The number of Topliss-reactive ketones (excluding diaryl/α,β-unsaturated/α-hetero) is 2. The Labute approximate surface area is 114 Å². The summed E-state index contributed by atoms with van der Waals surface area (Å²) in [6, 6.07) is 2.17. The summed E-state index contributed by atoms with van der Waals surface area (Å²) < 4.78 is 0. The summed E-state index contributed by atoms with van der Waals surface area (Å²) >= 11 is 0. The van der Waals surface area contributed by atoms with Crippen molar-refractivity contribution >= 4 is 17.5 Å². The summed E-state index contributed by atoms with van der Waals surface area (Å²) in [5, 5.41) is 28.2. The maximum atomic E-state index is 12.1. The van der Waals surface area contributed by atoms with Crippen LogP contribution in [-0.2, 0) is 15.0 Å². The highest BCUT2D eigenvalue weighted by Crippen LogP contribution is 2.43. The minimum Gasteiger partial charge on any atom is -0.504 e. The zero-order chi connectivity index (χ0) is 15.1. The van der Waals surface area contributed by atoms with E-state index in [0.29, 0.717) is 6.42 Å². The Bertz CT molecular complexity index is 618. The van der Waals surface area contributed by atoms with Crippen LogP contribution in [0.1, 0.15) is 42.1 Å². The second-order valence-electron chi connectivity index (χ2n) is 4.93. The molecule has 0 spiro atoms. The smallest absolute Gasteiger partial charge is 0.339 e. The lowest BCUT2D eigenvalue weighted by Crippen LogP contribution is -2.38. The van der Waals surface area contributed by atoms with E-state index < -0.39 is 28.4 Å². The third-order valence-electron chi connectivity index (χ3n) is 3.85. The number of rotatable bonds is 3. The lowest BCUT2D eigenvalue weighted by atomic mass is 9.74. The number of ketones is 2. The number of carboxylic acid groups (broad SMARTS) is 1. The molecule has 0 radical (unpaired) electrons. The highest BCUT2D eigenvalue weighted by Gasteiger charge is 2.48. The van der Waals surface area contributed by atoms with Gasteiger partial charge in [0.1, 0.15) is 16.8 Å². The molecular weight excluding hydrogens is 264 g/mol. The Morgan fingerprint density at radius 1 is 1.25 bits per heavy atom. The first kappa shape index (κ1) is 14.0. The van der Waals surface area contributed by atoms with E-state index in [2.05, 4.69) is 0 Å². The Hall–Kier alpha value is -2.37. The molecule has 0 amide bonds. The average molecular weight is 278 g/mol. The molecule has 0 aliphatic heterocycles. The second kappa shape index (κ2) is 4.63. The fraction of sp³-hybridized carbons (Fsp3) is 0.357. The predicted octanol–water partition coefficient (Wildman–Crippen LogP) is 1.38. The van der Waals surface area contributed by atoms with E-state index in [4.69, 9.17) is 5.11 Å². The van der Waals surface area contributed by atoms with Crippen molar-refractivity contribution < 1.29 is 29.7 Å². The van der Waals surface area contributed by atoms with E-state index >= 15 is 0 Å². The molecule has 106 valence electrons. The van der Waals surface area contributed by atoms with Crippen LogP contribution >= 0.6 is 0 Å². The standard InChI is InChI=1S/C14H14O6/c1-7(15)14(4-2-3-11(14)17)8-5-9(13(19)20)12(18)10(16)6-8/h5-6,16,18H,2-4H2,1H3,(H,19,20). The van der Waals surface area contributed by atoms with E-state index in [0.717, 1.165) is 12.1 Å². The van der Waals surface area contributed by atoms with Crippen molar-refractivity contribution in [2.75, 3.05) is 0 Å². The van der Waals surface area contributed by atoms with Crippen molar-refractivity contribution in [1.82, 2.24) is 0 Å². The molecule has 0 bridgehead atoms. The van der Waals surface area contributed by atoms with Gasteiger partial charge in [0, 0.05) is 6.42 Å². The van der Waals surface area contributed by atoms with Crippen molar-refractivity contribution in [3.8, 4) is 11.5 Å². The van der Waals surface area contributed by atoms with Gasteiger partial charge in [0.15, 0.2) is 17.3 Å². The second-order valence-corrected chi connectivity index (χ2v) is 4.93. The monoisotopic (exact) mass is 278 g/mol. The van der Waals surface area contributed by atoms with E-state index in [1.807, 2.05) is 0 Å². The number of phenolic OH excluding ortho intramolecular Hbond substituents is 1. The Morgan fingerprint density at radius 2 is 1.90 bits per heavy atom. The van der Waals surface area contributed by atoms with Gasteiger partial charge in [-0.1, -0.05) is 0 Å². The van der Waals surface area contributed by atoms with Gasteiger partial charge in [-0.25, -0.2) is 4.79 Å². The van der Waals surface area contributed by atoms with Gasteiger partial charge in [-0.3, -0.25) is 9.59 Å². The van der Waals surface area contributed by atoms with Crippen LogP contribution in [0.5, 0.6) is 11.5 Å². The number of phenols is 2. The molecule has 20 heavy (non-hydrogen) atoms. The first-order valence-electron chi connectivity index (χ1n) is 6.15. The normalized spacial score (nSPS) is 21.9. The Kier molecular flexibility index (Phi) is 3.25. The molecule has 0 aromatic heterocycles. The fourth-order valence-electron chi connectivity index (χ4n) is 2.78. The third-order valence-corrected chi connectivity index (χ3v) is 3.85. The lowest BCUT2D eigenvalue weighted by molar-refractivity contribution is -0.132. The SMILES string of the molecule is CC(=O)C1(c2cc(O)c(O)c(C(=O)O)c2)CCCC1=O. The Morgan fingerprint density at radius 3 is 2.35 bits per heavy atom. The number of hydrogen-bond donors (Lipinski definition) is 3. The first-order valence-corrected chi connectivity index (χ1v) is 6.15. The maximum absolute atomic E-state index is 12.1. The molecule has 1 aromatic carbocycles. The van der Waals surface area contributed by atoms with Crippen LogP contribution in [0.4, 0.5) is 0 Å². The van der Waals surface area contributed by atoms with Crippen LogP contribution < -0.4 is 0 Å². The molecule has 6 nitrogen and oxygen atoms in total. The molecule has 1 aliphatic rings. The van der Waals surface area contributed by atoms with Crippen molar-refractivity contribution in [3.63, 3.8) is 0 Å². The van der Waals surface area contributed by atoms with Crippen molar-refractivity contribution in [2.45, 2.75) is 31.6 Å². The van der Waals surface area contributed by atoms with Crippen molar-refractivity contribution in [2.24, 2.45) is 0 Å². The summed E-state index contributed by atoms with van der Waals surface area (Å²) in [5.41, 5.74) is -1.81. The molecule has 2 rings (SSSR count). The number of aromatic carboxylic acids is 1. The van der Waals surface area contributed by atoms with E-state index in [1.54, 1.807) is 0 Å². The van der Waals surface area contributed by atoms with Gasteiger partial charge >= 0.3 is 5.97 Å². The molecule has 1 saturated carbocycles. The van der Waals surface area contributed by atoms with Crippen LogP contribution in [0, 0.1) is 0 Å². The van der Waals surface area contributed by atoms with Crippen molar-refractivity contribution in [1.29, 1.82) is 0 Å².